The third kappa shape index (κ3) is 4.97. The molecule has 0 aromatic heterocycles. The normalized spacial score (nSPS) is 16.8. The summed E-state index contributed by atoms with van der Waals surface area (Å²) in [6, 6.07) is 20.4. The standard InChI is InChI=1S/C23H28N2O2/c1-18(2)25-17-21(15-22(25)26)23(27)24(16-20-11-7-4-8-12-20)14-13-19-9-5-3-6-10-19/h3-12,18,21H,13-17H2,1-2H3. The van der Waals surface area contributed by atoms with Crippen LogP contribution in [0.5, 0.6) is 0 Å². The smallest absolute Gasteiger partial charge is 0.228 e. The fraction of sp³-hybridized carbons (Fsp3) is 0.391. The van der Waals surface area contributed by atoms with E-state index in [0.29, 0.717) is 26.1 Å². The second kappa shape index (κ2) is 8.85. The third-order valence-corrected chi connectivity index (χ3v) is 5.17. The van der Waals surface area contributed by atoms with Crippen LogP contribution in [0.25, 0.3) is 0 Å². The van der Waals surface area contributed by atoms with Gasteiger partial charge in [0.15, 0.2) is 0 Å². The van der Waals surface area contributed by atoms with Crippen molar-refractivity contribution in [2.45, 2.75) is 39.3 Å². The lowest BCUT2D eigenvalue weighted by molar-refractivity contribution is -0.136. The number of carbonyl (C=O) groups is 2. The van der Waals surface area contributed by atoms with E-state index >= 15 is 0 Å². The zero-order valence-electron chi connectivity index (χ0n) is 16.2. The molecule has 0 saturated carbocycles. The van der Waals surface area contributed by atoms with Crippen molar-refractivity contribution in [2.24, 2.45) is 5.92 Å². The molecule has 4 heteroatoms. The maximum atomic E-state index is 13.2. The molecular formula is C23H28N2O2. The van der Waals surface area contributed by atoms with Gasteiger partial charge in [0.05, 0.1) is 5.92 Å². The van der Waals surface area contributed by atoms with Crippen molar-refractivity contribution in [2.75, 3.05) is 13.1 Å². The first-order valence-corrected chi connectivity index (χ1v) is 9.70. The number of carbonyl (C=O) groups excluding carboxylic acids is 2. The van der Waals surface area contributed by atoms with E-state index in [1.807, 2.05) is 72.2 Å². The Kier molecular flexibility index (Phi) is 6.28. The number of benzene rings is 2. The van der Waals surface area contributed by atoms with Gasteiger partial charge in [0, 0.05) is 32.1 Å². The Morgan fingerprint density at radius 1 is 1.04 bits per heavy atom. The molecule has 1 atom stereocenters. The highest BCUT2D eigenvalue weighted by molar-refractivity contribution is 5.89. The summed E-state index contributed by atoms with van der Waals surface area (Å²) >= 11 is 0. The van der Waals surface area contributed by atoms with Gasteiger partial charge >= 0.3 is 0 Å². The Bertz CT molecular complexity index is 758. The van der Waals surface area contributed by atoms with Crippen LogP contribution in [0.2, 0.25) is 0 Å². The zero-order valence-corrected chi connectivity index (χ0v) is 16.2. The van der Waals surface area contributed by atoms with Crippen molar-refractivity contribution in [1.29, 1.82) is 0 Å². The van der Waals surface area contributed by atoms with E-state index in [-0.39, 0.29) is 23.8 Å². The monoisotopic (exact) mass is 364 g/mol. The summed E-state index contributed by atoms with van der Waals surface area (Å²) in [4.78, 5) is 29.2. The highest BCUT2D eigenvalue weighted by Crippen LogP contribution is 2.23. The van der Waals surface area contributed by atoms with Gasteiger partial charge in [0.1, 0.15) is 0 Å². The SMILES string of the molecule is CC(C)N1CC(C(=O)N(CCc2ccccc2)Cc2ccccc2)CC1=O. The van der Waals surface area contributed by atoms with Crippen LogP contribution in [0.15, 0.2) is 60.7 Å². The molecule has 4 nitrogen and oxygen atoms in total. The predicted octanol–water partition coefficient (Wildman–Crippen LogP) is 3.51. The molecule has 0 spiro atoms. The lowest BCUT2D eigenvalue weighted by atomic mass is 10.1. The Hall–Kier alpha value is -2.62. The van der Waals surface area contributed by atoms with Crippen LogP contribution in [0.4, 0.5) is 0 Å². The first kappa shape index (κ1) is 19.2. The number of rotatable bonds is 7. The van der Waals surface area contributed by atoms with E-state index in [0.717, 1.165) is 12.0 Å². The van der Waals surface area contributed by atoms with E-state index in [1.54, 1.807) is 0 Å². The zero-order chi connectivity index (χ0) is 19.2. The number of likely N-dealkylation sites (tertiary alicyclic amines) is 1. The van der Waals surface area contributed by atoms with E-state index in [2.05, 4.69) is 12.1 Å². The fourth-order valence-corrected chi connectivity index (χ4v) is 3.63. The molecule has 2 amide bonds. The average molecular weight is 364 g/mol. The largest absolute Gasteiger partial charge is 0.339 e. The van der Waals surface area contributed by atoms with Crippen molar-refractivity contribution in [3.05, 3.63) is 71.8 Å². The molecule has 1 aliphatic rings. The average Bonchev–Trinajstić information content (AvgIpc) is 3.08. The van der Waals surface area contributed by atoms with Crippen LogP contribution in [0.3, 0.4) is 0 Å². The number of hydrogen-bond acceptors (Lipinski definition) is 2. The highest BCUT2D eigenvalue weighted by Gasteiger charge is 2.37. The Morgan fingerprint density at radius 2 is 1.63 bits per heavy atom. The van der Waals surface area contributed by atoms with Crippen molar-refractivity contribution >= 4 is 11.8 Å². The maximum Gasteiger partial charge on any atom is 0.228 e. The third-order valence-electron chi connectivity index (χ3n) is 5.17. The maximum absolute atomic E-state index is 13.2. The first-order valence-electron chi connectivity index (χ1n) is 9.70. The van der Waals surface area contributed by atoms with Crippen LogP contribution < -0.4 is 0 Å². The van der Waals surface area contributed by atoms with Gasteiger partial charge in [-0.15, -0.1) is 0 Å². The Balaban J connectivity index is 1.72. The molecule has 0 bridgehead atoms. The summed E-state index contributed by atoms with van der Waals surface area (Å²) < 4.78 is 0. The van der Waals surface area contributed by atoms with Gasteiger partial charge < -0.3 is 9.80 Å². The molecular weight excluding hydrogens is 336 g/mol. The molecule has 0 radical (unpaired) electrons. The molecule has 2 aromatic carbocycles. The van der Waals surface area contributed by atoms with E-state index in [4.69, 9.17) is 0 Å². The van der Waals surface area contributed by atoms with Gasteiger partial charge in [-0.25, -0.2) is 0 Å². The molecule has 142 valence electrons. The molecule has 1 fully saturated rings. The minimum Gasteiger partial charge on any atom is -0.339 e. The van der Waals surface area contributed by atoms with Gasteiger partial charge in [-0.3, -0.25) is 9.59 Å². The Morgan fingerprint density at radius 3 is 2.19 bits per heavy atom. The molecule has 3 rings (SSSR count). The summed E-state index contributed by atoms with van der Waals surface area (Å²) in [7, 11) is 0. The summed E-state index contributed by atoms with van der Waals surface area (Å²) in [6.07, 6.45) is 1.14. The summed E-state index contributed by atoms with van der Waals surface area (Å²) in [5, 5.41) is 0. The van der Waals surface area contributed by atoms with Crippen LogP contribution in [0, 0.1) is 5.92 Å². The molecule has 1 aliphatic heterocycles. The van der Waals surface area contributed by atoms with E-state index in [9.17, 15) is 9.59 Å². The second-order valence-corrected chi connectivity index (χ2v) is 7.52. The second-order valence-electron chi connectivity index (χ2n) is 7.52. The number of nitrogens with zero attached hydrogens (tertiary/aromatic N) is 2. The fourth-order valence-electron chi connectivity index (χ4n) is 3.63. The molecule has 1 heterocycles. The quantitative estimate of drug-likeness (QED) is 0.754. The molecule has 0 aliphatic carbocycles. The minimum atomic E-state index is -0.237. The number of hydrogen-bond donors (Lipinski definition) is 0. The van der Waals surface area contributed by atoms with Gasteiger partial charge in [0.2, 0.25) is 11.8 Å². The summed E-state index contributed by atoms with van der Waals surface area (Å²) in [5.74, 6) is -0.0586. The van der Waals surface area contributed by atoms with Crippen molar-refractivity contribution in [3.8, 4) is 0 Å². The van der Waals surface area contributed by atoms with Crippen molar-refractivity contribution < 1.29 is 9.59 Å². The molecule has 1 unspecified atom stereocenters. The lowest BCUT2D eigenvalue weighted by Crippen LogP contribution is -2.39. The van der Waals surface area contributed by atoms with Gasteiger partial charge in [-0.05, 0) is 31.4 Å². The van der Waals surface area contributed by atoms with E-state index in [1.165, 1.54) is 5.56 Å². The minimum absolute atomic E-state index is 0.0890. The predicted molar refractivity (Wildman–Crippen MR) is 107 cm³/mol. The van der Waals surface area contributed by atoms with Crippen LogP contribution in [-0.2, 0) is 22.6 Å². The van der Waals surface area contributed by atoms with Gasteiger partial charge in [-0.2, -0.15) is 0 Å². The molecule has 1 saturated heterocycles. The first-order chi connectivity index (χ1) is 13.0. The lowest BCUT2D eigenvalue weighted by Gasteiger charge is -2.26. The molecule has 2 aromatic rings. The van der Waals surface area contributed by atoms with Crippen LogP contribution in [0.1, 0.15) is 31.4 Å². The molecule has 0 N–H and O–H groups in total. The summed E-state index contributed by atoms with van der Waals surface area (Å²) in [6.45, 7) is 5.78. The van der Waals surface area contributed by atoms with E-state index < -0.39 is 0 Å². The molecule has 27 heavy (non-hydrogen) atoms. The van der Waals surface area contributed by atoms with Gasteiger partial charge in [-0.1, -0.05) is 60.7 Å². The highest BCUT2D eigenvalue weighted by atomic mass is 16.2. The van der Waals surface area contributed by atoms with Crippen LogP contribution >= 0.6 is 0 Å². The number of amides is 2. The van der Waals surface area contributed by atoms with Crippen LogP contribution in [-0.4, -0.2) is 40.7 Å². The van der Waals surface area contributed by atoms with Gasteiger partial charge in [0.25, 0.3) is 0 Å². The van der Waals surface area contributed by atoms with Crippen molar-refractivity contribution in [1.82, 2.24) is 9.80 Å². The summed E-state index contributed by atoms with van der Waals surface area (Å²) in [5.41, 5.74) is 2.33. The topological polar surface area (TPSA) is 40.6 Å². The Labute approximate surface area is 161 Å². The van der Waals surface area contributed by atoms with Crippen molar-refractivity contribution in [3.63, 3.8) is 0 Å².